The average molecular weight is 174 g/mol. The van der Waals surface area contributed by atoms with Crippen LogP contribution in [0.1, 0.15) is 20.8 Å². The maximum atomic E-state index is 9.79. The highest BCUT2D eigenvalue weighted by atomic mass is 32.2. The van der Waals surface area contributed by atoms with Gasteiger partial charge in [-0.3, -0.25) is 0 Å². The fourth-order valence-corrected chi connectivity index (χ4v) is 2.18. The Morgan fingerprint density at radius 2 is 1.82 bits per heavy atom. The van der Waals surface area contributed by atoms with E-state index in [0.29, 0.717) is 17.8 Å². The van der Waals surface area contributed by atoms with Gasteiger partial charge >= 0.3 is 0 Å². The normalized spacial score (nSPS) is 24.8. The second-order valence-electron chi connectivity index (χ2n) is 3.89. The SMILES string of the molecule is CC(C)C(C)C(O)C1CSC1. The van der Waals surface area contributed by atoms with Gasteiger partial charge in [-0.2, -0.15) is 11.8 Å². The molecule has 1 aliphatic rings. The molecular weight excluding hydrogens is 156 g/mol. The van der Waals surface area contributed by atoms with Crippen LogP contribution in [-0.4, -0.2) is 22.7 Å². The molecule has 11 heavy (non-hydrogen) atoms. The summed E-state index contributed by atoms with van der Waals surface area (Å²) in [5, 5.41) is 9.79. The topological polar surface area (TPSA) is 20.2 Å². The Hall–Kier alpha value is 0.310. The lowest BCUT2D eigenvalue weighted by atomic mass is 9.86. The smallest absolute Gasteiger partial charge is 0.0612 e. The second-order valence-corrected chi connectivity index (χ2v) is 4.97. The lowest BCUT2D eigenvalue weighted by Crippen LogP contribution is -2.37. The summed E-state index contributed by atoms with van der Waals surface area (Å²) in [4.78, 5) is 0. The molecule has 0 saturated carbocycles. The summed E-state index contributed by atoms with van der Waals surface area (Å²) >= 11 is 1.94. The third-order valence-electron chi connectivity index (χ3n) is 2.74. The minimum absolute atomic E-state index is 0.0590. The van der Waals surface area contributed by atoms with Gasteiger partial charge in [0, 0.05) is 5.92 Å². The molecule has 1 nitrogen and oxygen atoms in total. The van der Waals surface area contributed by atoms with Gasteiger partial charge in [0.05, 0.1) is 6.10 Å². The molecule has 2 unspecified atom stereocenters. The van der Waals surface area contributed by atoms with Crippen LogP contribution in [0, 0.1) is 17.8 Å². The molecule has 1 saturated heterocycles. The number of hydrogen-bond donors (Lipinski definition) is 1. The minimum atomic E-state index is -0.0590. The molecule has 2 atom stereocenters. The van der Waals surface area contributed by atoms with Crippen LogP contribution in [0.2, 0.25) is 0 Å². The van der Waals surface area contributed by atoms with Crippen molar-refractivity contribution in [2.75, 3.05) is 11.5 Å². The Balaban J connectivity index is 2.32. The lowest BCUT2D eigenvalue weighted by Gasteiger charge is -2.34. The van der Waals surface area contributed by atoms with Crippen molar-refractivity contribution in [2.45, 2.75) is 26.9 Å². The molecule has 66 valence electrons. The quantitative estimate of drug-likeness (QED) is 0.706. The van der Waals surface area contributed by atoms with Crippen LogP contribution >= 0.6 is 11.8 Å². The molecule has 0 bridgehead atoms. The van der Waals surface area contributed by atoms with Crippen LogP contribution in [0.25, 0.3) is 0 Å². The maximum Gasteiger partial charge on any atom is 0.0612 e. The molecule has 0 radical (unpaired) electrons. The molecule has 1 heterocycles. The van der Waals surface area contributed by atoms with E-state index in [4.69, 9.17) is 0 Å². The van der Waals surface area contributed by atoms with Crippen LogP contribution in [0.3, 0.4) is 0 Å². The van der Waals surface area contributed by atoms with Gasteiger partial charge in [0.1, 0.15) is 0 Å². The van der Waals surface area contributed by atoms with Crippen LogP contribution in [0.5, 0.6) is 0 Å². The zero-order valence-electron chi connectivity index (χ0n) is 7.58. The molecule has 1 aliphatic heterocycles. The number of aliphatic hydroxyl groups is 1. The van der Waals surface area contributed by atoms with E-state index in [0.717, 1.165) is 11.5 Å². The Morgan fingerprint density at radius 1 is 1.27 bits per heavy atom. The fraction of sp³-hybridized carbons (Fsp3) is 1.00. The summed E-state index contributed by atoms with van der Waals surface area (Å²) in [7, 11) is 0. The summed E-state index contributed by atoms with van der Waals surface area (Å²) in [5.74, 6) is 3.98. The zero-order valence-corrected chi connectivity index (χ0v) is 8.40. The first-order valence-corrected chi connectivity index (χ1v) is 5.54. The van der Waals surface area contributed by atoms with Gasteiger partial charge in [0.25, 0.3) is 0 Å². The van der Waals surface area contributed by atoms with Crippen molar-refractivity contribution in [3.63, 3.8) is 0 Å². The van der Waals surface area contributed by atoms with Crippen molar-refractivity contribution in [2.24, 2.45) is 17.8 Å². The van der Waals surface area contributed by atoms with Gasteiger partial charge in [-0.05, 0) is 23.3 Å². The molecule has 0 spiro atoms. The van der Waals surface area contributed by atoms with Crippen LogP contribution in [0.15, 0.2) is 0 Å². The zero-order chi connectivity index (χ0) is 8.43. The standard InChI is InChI=1S/C9H18OS/c1-6(2)7(3)9(10)8-4-11-5-8/h6-10H,4-5H2,1-3H3. The Bertz CT molecular complexity index is 121. The van der Waals surface area contributed by atoms with Gasteiger partial charge in [-0.1, -0.05) is 20.8 Å². The summed E-state index contributed by atoms with van der Waals surface area (Å²) in [6.07, 6.45) is -0.0590. The Labute approximate surface area is 73.6 Å². The van der Waals surface area contributed by atoms with Crippen molar-refractivity contribution in [1.29, 1.82) is 0 Å². The first-order chi connectivity index (χ1) is 5.13. The van der Waals surface area contributed by atoms with E-state index in [-0.39, 0.29) is 6.10 Å². The summed E-state index contributed by atoms with van der Waals surface area (Å²) < 4.78 is 0. The van der Waals surface area contributed by atoms with Crippen LogP contribution in [0.4, 0.5) is 0 Å². The largest absolute Gasteiger partial charge is 0.392 e. The molecular formula is C9H18OS. The van der Waals surface area contributed by atoms with Crippen molar-refractivity contribution >= 4 is 11.8 Å². The number of aliphatic hydroxyl groups excluding tert-OH is 1. The third-order valence-corrected chi connectivity index (χ3v) is 4.06. The highest BCUT2D eigenvalue weighted by Crippen LogP contribution is 2.32. The minimum Gasteiger partial charge on any atom is -0.392 e. The molecule has 1 N–H and O–H groups in total. The molecule has 0 aliphatic carbocycles. The van der Waals surface area contributed by atoms with Gasteiger partial charge < -0.3 is 5.11 Å². The molecule has 1 rings (SSSR count). The van der Waals surface area contributed by atoms with Gasteiger partial charge in [0.15, 0.2) is 0 Å². The van der Waals surface area contributed by atoms with Gasteiger partial charge in [-0.15, -0.1) is 0 Å². The first kappa shape index (κ1) is 9.40. The molecule has 0 aromatic rings. The highest BCUT2D eigenvalue weighted by Gasteiger charge is 2.31. The summed E-state index contributed by atoms with van der Waals surface area (Å²) in [5.41, 5.74) is 0. The highest BCUT2D eigenvalue weighted by molar-refractivity contribution is 8.00. The summed E-state index contributed by atoms with van der Waals surface area (Å²) in [6.45, 7) is 6.51. The number of thioether (sulfide) groups is 1. The molecule has 0 aromatic carbocycles. The predicted octanol–water partition coefficient (Wildman–Crippen LogP) is 2.00. The van der Waals surface area contributed by atoms with Crippen LogP contribution < -0.4 is 0 Å². The Morgan fingerprint density at radius 3 is 2.09 bits per heavy atom. The average Bonchev–Trinajstić information content (AvgIpc) is 1.82. The van der Waals surface area contributed by atoms with E-state index in [1.165, 1.54) is 0 Å². The van der Waals surface area contributed by atoms with Crippen molar-refractivity contribution < 1.29 is 5.11 Å². The maximum absolute atomic E-state index is 9.79. The van der Waals surface area contributed by atoms with Crippen molar-refractivity contribution in [3.05, 3.63) is 0 Å². The van der Waals surface area contributed by atoms with Gasteiger partial charge in [0.2, 0.25) is 0 Å². The molecule has 1 fully saturated rings. The Kier molecular flexibility index (Phi) is 3.26. The van der Waals surface area contributed by atoms with E-state index >= 15 is 0 Å². The first-order valence-electron chi connectivity index (χ1n) is 4.38. The number of rotatable bonds is 3. The van der Waals surface area contributed by atoms with E-state index in [1.54, 1.807) is 0 Å². The summed E-state index contributed by atoms with van der Waals surface area (Å²) in [6, 6.07) is 0. The van der Waals surface area contributed by atoms with Gasteiger partial charge in [-0.25, -0.2) is 0 Å². The van der Waals surface area contributed by atoms with E-state index in [9.17, 15) is 5.11 Å². The fourth-order valence-electron chi connectivity index (χ4n) is 1.27. The van der Waals surface area contributed by atoms with Crippen molar-refractivity contribution in [3.8, 4) is 0 Å². The third kappa shape index (κ3) is 2.12. The van der Waals surface area contributed by atoms with Crippen LogP contribution in [-0.2, 0) is 0 Å². The lowest BCUT2D eigenvalue weighted by molar-refractivity contribution is 0.0512. The molecule has 0 aromatic heterocycles. The van der Waals surface area contributed by atoms with Crippen molar-refractivity contribution in [1.82, 2.24) is 0 Å². The molecule has 0 amide bonds. The molecule has 2 heteroatoms. The van der Waals surface area contributed by atoms with E-state index in [2.05, 4.69) is 20.8 Å². The monoisotopic (exact) mass is 174 g/mol. The predicted molar refractivity (Wildman–Crippen MR) is 50.8 cm³/mol. The van der Waals surface area contributed by atoms with E-state index in [1.807, 2.05) is 11.8 Å². The number of hydrogen-bond acceptors (Lipinski definition) is 2. The van der Waals surface area contributed by atoms with E-state index < -0.39 is 0 Å². The second kappa shape index (κ2) is 3.81.